The summed E-state index contributed by atoms with van der Waals surface area (Å²) in [4.78, 5) is 0. The Morgan fingerprint density at radius 2 is 1.61 bits per heavy atom. The molecule has 0 fully saturated rings. The fourth-order valence-corrected chi connectivity index (χ4v) is 3.58. The van der Waals surface area contributed by atoms with Crippen molar-refractivity contribution < 1.29 is 8.78 Å². The summed E-state index contributed by atoms with van der Waals surface area (Å²) in [6, 6.07) is 0. The van der Waals surface area contributed by atoms with Crippen molar-refractivity contribution in [2.75, 3.05) is 0 Å². The molecule has 5 heteroatoms. The topological polar surface area (TPSA) is 17.8 Å². The maximum atomic E-state index is 13.2. The van der Waals surface area contributed by atoms with Crippen molar-refractivity contribution >= 4 is 11.6 Å². The quantitative estimate of drug-likeness (QED) is 0.392. The van der Waals surface area contributed by atoms with Crippen molar-refractivity contribution in [3.63, 3.8) is 0 Å². The lowest BCUT2D eigenvalue weighted by atomic mass is 9.88. The van der Waals surface area contributed by atoms with Crippen LogP contribution in [0.2, 0.25) is 5.15 Å². The van der Waals surface area contributed by atoms with Gasteiger partial charge in [0.1, 0.15) is 5.15 Å². The molecule has 0 N–H and O–H groups in total. The molecule has 0 amide bonds. The number of nitrogens with zero attached hydrogens (tertiary/aromatic N) is 2. The largest absolute Gasteiger partial charge is 0.268 e. The second kappa shape index (κ2) is 9.61. The van der Waals surface area contributed by atoms with E-state index in [0.29, 0.717) is 5.69 Å². The van der Waals surface area contributed by atoms with Crippen molar-refractivity contribution in [3.8, 4) is 0 Å². The van der Waals surface area contributed by atoms with Crippen LogP contribution in [-0.4, -0.2) is 9.78 Å². The predicted octanol–water partition coefficient (Wildman–Crippen LogP) is 7.05. The lowest BCUT2D eigenvalue weighted by Crippen LogP contribution is -2.31. The van der Waals surface area contributed by atoms with E-state index in [-0.39, 0.29) is 16.3 Å². The van der Waals surface area contributed by atoms with Crippen LogP contribution >= 0.6 is 11.6 Å². The van der Waals surface area contributed by atoms with Crippen LogP contribution in [0, 0.1) is 6.92 Å². The van der Waals surface area contributed by atoms with Gasteiger partial charge in [-0.3, -0.25) is 0 Å². The van der Waals surface area contributed by atoms with E-state index in [1.165, 1.54) is 25.7 Å². The van der Waals surface area contributed by atoms with Crippen LogP contribution in [0.15, 0.2) is 0 Å². The van der Waals surface area contributed by atoms with E-state index in [2.05, 4.69) is 25.9 Å². The molecule has 2 nitrogen and oxygen atoms in total. The summed E-state index contributed by atoms with van der Waals surface area (Å²) in [6.45, 7) is 8.06. The molecule has 0 aliphatic heterocycles. The summed E-state index contributed by atoms with van der Waals surface area (Å²) in [7, 11) is 0. The minimum absolute atomic E-state index is 0.111. The van der Waals surface area contributed by atoms with Crippen molar-refractivity contribution in [1.29, 1.82) is 0 Å². The Kier molecular flexibility index (Phi) is 8.52. The summed E-state index contributed by atoms with van der Waals surface area (Å²) in [5, 5.41) is 4.49. The molecule has 1 rings (SSSR count). The summed E-state index contributed by atoms with van der Waals surface area (Å²) in [6.07, 6.45) is 7.36. The number of aryl methyl sites for hydroxylation is 1. The normalized spacial score (nSPS) is 14.4. The van der Waals surface area contributed by atoms with Crippen molar-refractivity contribution in [2.45, 2.75) is 97.4 Å². The van der Waals surface area contributed by atoms with Gasteiger partial charge in [-0.2, -0.15) is 5.10 Å². The molecular weight excluding hydrogens is 318 g/mol. The average Bonchev–Trinajstić information content (AvgIpc) is 2.80. The zero-order valence-corrected chi connectivity index (χ0v) is 15.7. The van der Waals surface area contributed by atoms with E-state index in [1.54, 1.807) is 11.6 Å². The SMILES string of the molecule is CCCCCCCC(C)(CCCC)n1nc(C)c(C(F)F)c1Cl. The zero-order chi connectivity index (χ0) is 17.5. The van der Waals surface area contributed by atoms with Crippen LogP contribution < -0.4 is 0 Å². The molecule has 134 valence electrons. The minimum atomic E-state index is -2.57. The standard InChI is InChI=1S/C18H31ClF2N2/c1-5-7-9-10-11-13-18(4,12-8-6-2)23-16(19)15(17(20)21)14(3)22-23/h17H,5-13H2,1-4H3. The maximum absolute atomic E-state index is 13.2. The summed E-state index contributed by atoms with van der Waals surface area (Å²) >= 11 is 6.27. The Balaban J connectivity index is 2.94. The van der Waals surface area contributed by atoms with E-state index < -0.39 is 6.43 Å². The van der Waals surface area contributed by atoms with E-state index in [0.717, 1.165) is 32.1 Å². The highest BCUT2D eigenvalue weighted by molar-refractivity contribution is 6.30. The Hall–Kier alpha value is -0.640. The average molecular weight is 349 g/mol. The second-order valence-corrected chi connectivity index (χ2v) is 7.13. The Morgan fingerprint density at radius 3 is 2.13 bits per heavy atom. The first kappa shape index (κ1) is 20.4. The second-order valence-electron chi connectivity index (χ2n) is 6.77. The number of unbranched alkanes of at least 4 members (excludes halogenated alkanes) is 5. The van der Waals surface area contributed by atoms with E-state index in [9.17, 15) is 8.78 Å². The van der Waals surface area contributed by atoms with Gasteiger partial charge >= 0.3 is 0 Å². The van der Waals surface area contributed by atoms with Gasteiger partial charge in [-0.1, -0.05) is 70.4 Å². The predicted molar refractivity (Wildman–Crippen MR) is 93.5 cm³/mol. The zero-order valence-electron chi connectivity index (χ0n) is 15.0. The maximum Gasteiger partial charge on any atom is 0.268 e. The third kappa shape index (κ3) is 5.44. The van der Waals surface area contributed by atoms with Gasteiger partial charge in [0.15, 0.2) is 0 Å². The third-order valence-electron chi connectivity index (χ3n) is 4.67. The van der Waals surface area contributed by atoms with Gasteiger partial charge in [0.25, 0.3) is 6.43 Å². The van der Waals surface area contributed by atoms with Gasteiger partial charge in [0.2, 0.25) is 0 Å². The summed E-state index contributed by atoms with van der Waals surface area (Å²) in [5.74, 6) is 0. The molecule has 1 aromatic rings. The van der Waals surface area contributed by atoms with Crippen LogP contribution in [-0.2, 0) is 5.54 Å². The first-order chi connectivity index (χ1) is 10.9. The van der Waals surface area contributed by atoms with Crippen LogP contribution in [0.1, 0.15) is 96.2 Å². The smallest absolute Gasteiger partial charge is 0.247 e. The molecule has 1 atom stereocenters. The van der Waals surface area contributed by atoms with Gasteiger partial charge < -0.3 is 0 Å². The monoisotopic (exact) mass is 348 g/mol. The third-order valence-corrected chi connectivity index (χ3v) is 5.03. The Morgan fingerprint density at radius 1 is 1.04 bits per heavy atom. The van der Waals surface area contributed by atoms with Crippen LogP contribution in [0.25, 0.3) is 0 Å². The van der Waals surface area contributed by atoms with Crippen molar-refractivity contribution in [1.82, 2.24) is 9.78 Å². The first-order valence-electron chi connectivity index (χ1n) is 8.91. The van der Waals surface area contributed by atoms with Crippen molar-refractivity contribution in [2.24, 2.45) is 0 Å². The summed E-state index contributed by atoms with van der Waals surface area (Å²) < 4.78 is 28.1. The minimum Gasteiger partial charge on any atom is -0.247 e. The Bertz CT molecular complexity index is 474. The van der Waals surface area contributed by atoms with Gasteiger partial charge in [0.05, 0.1) is 16.8 Å². The molecule has 0 aliphatic carbocycles. The highest BCUT2D eigenvalue weighted by atomic mass is 35.5. The van der Waals surface area contributed by atoms with Gasteiger partial charge in [-0.25, -0.2) is 13.5 Å². The highest BCUT2D eigenvalue weighted by Crippen LogP contribution is 2.37. The number of rotatable bonds is 11. The van der Waals surface area contributed by atoms with Crippen LogP contribution in [0.4, 0.5) is 8.78 Å². The van der Waals surface area contributed by atoms with E-state index >= 15 is 0 Å². The Labute approximate surface area is 144 Å². The molecule has 0 aliphatic rings. The molecule has 0 saturated carbocycles. The molecule has 0 aromatic carbocycles. The molecule has 1 unspecified atom stereocenters. The number of halogens is 3. The van der Waals surface area contributed by atoms with Crippen molar-refractivity contribution in [3.05, 3.63) is 16.4 Å². The number of hydrogen-bond donors (Lipinski definition) is 0. The van der Waals surface area contributed by atoms with Gasteiger partial charge in [-0.15, -0.1) is 0 Å². The number of aromatic nitrogens is 2. The van der Waals surface area contributed by atoms with Gasteiger partial charge in [-0.05, 0) is 26.7 Å². The lowest BCUT2D eigenvalue weighted by molar-refractivity contribution is 0.150. The first-order valence-corrected chi connectivity index (χ1v) is 9.28. The number of alkyl halides is 2. The van der Waals surface area contributed by atoms with Crippen LogP contribution in [0.3, 0.4) is 0 Å². The molecule has 23 heavy (non-hydrogen) atoms. The molecule has 1 aromatic heterocycles. The molecule has 0 saturated heterocycles. The fourth-order valence-electron chi connectivity index (χ4n) is 3.12. The fraction of sp³-hybridized carbons (Fsp3) is 0.833. The van der Waals surface area contributed by atoms with Gasteiger partial charge in [0, 0.05) is 0 Å². The van der Waals surface area contributed by atoms with E-state index in [1.807, 2.05) is 0 Å². The number of hydrogen-bond acceptors (Lipinski definition) is 1. The summed E-state index contributed by atoms with van der Waals surface area (Å²) in [5.41, 5.74) is -0.0453. The van der Waals surface area contributed by atoms with Crippen LogP contribution in [0.5, 0.6) is 0 Å². The molecule has 1 heterocycles. The lowest BCUT2D eigenvalue weighted by Gasteiger charge is -2.31. The molecule has 0 bridgehead atoms. The molecule has 0 radical (unpaired) electrons. The van der Waals surface area contributed by atoms with E-state index in [4.69, 9.17) is 11.6 Å². The molecular formula is C18H31ClF2N2. The highest BCUT2D eigenvalue weighted by Gasteiger charge is 2.32. The molecule has 0 spiro atoms.